The molecule has 1 aliphatic carbocycles. The molecule has 186 valence electrons. The highest BCUT2D eigenvalue weighted by molar-refractivity contribution is 6.00. The minimum atomic E-state index is -2.26. The van der Waals surface area contributed by atoms with Crippen molar-refractivity contribution in [3.63, 3.8) is 0 Å². The van der Waals surface area contributed by atoms with Gasteiger partial charge in [0.05, 0.1) is 0 Å². The van der Waals surface area contributed by atoms with Crippen LogP contribution in [0.4, 0.5) is 17.6 Å². The van der Waals surface area contributed by atoms with Gasteiger partial charge in [0.15, 0.2) is 11.6 Å². The van der Waals surface area contributed by atoms with E-state index < -0.39 is 18.1 Å². The van der Waals surface area contributed by atoms with Crippen molar-refractivity contribution in [2.75, 3.05) is 19.6 Å². The van der Waals surface area contributed by atoms with Crippen LogP contribution in [0.2, 0.25) is 0 Å². The molecule has 5 rings (SSSR count). The fourth-order valence-corrected chi connectivity index (χ4v) is 5.34. The molecule has 1 aliphatic heterocycles. The first kappa shape index (κ1) is 24.5. The van der Waals surface area contributed by atoms with Gasteiger partial charge in [-0.1, -0.05) is 60.7 Å². The minimum Gasteiger partial charge on any atom is -0.295 e. The monoisotopic (exact) mass is 491 g/mol. The number of halogens is 4. The van der Waals surface area contributed by atoms with Crippen molar-refractivity contribution >= 4 is 17.2 Å². The van der Waals surface area contributed by atoms with E-state index >= 15 is 0 Å². The Hall–Kier alpha value is -3.18. The van der Waals surface area contributed by atoms with Gasteiger partial charge in [-0.2, -0.15) is 0 Å². The Morgan fingerprint density at radius 1 is 0.889 bits per heavy atom. The summed E-state index contributed by atoms with van der Waals surface area (Å²) in [6.07, 6.45) is 2.42. The molecule has 3 aromatic rings. The molecule has 1 saturated heterocycles. The molecular formula is C31H29F4N. The average Bonchev–Trinajstić information content (AvgIpc) is 3.04. The number of rotatable bonds is 6. The van der Waals surface area contributed by atoms with Gasteiger partial charge in [0, 0.05) is 26.1 Å². The molecule has 0 radical (unpaired) electrons. The first-order valence-corrected chi connectivity index (χ1v) is 12.5. The summed E-state index contributed by atoms with van der Waals surface area (Å²) in [7, 11) is 0. The molecule has 0 saturated carbocycles. The second-order valence-electron chi connectivity index (χ2n) is 9.71. The van der Waals surface area contributed by atoms with Crippen LogP contribution >= 0.6 is 0 Å². The number of allylic oxidation sites excluding steroid dienone is 1. The van der Waals surface area contributed by atoms with Crippen LogP contribution in [0.25, 0.3) is 17.2 Å². The molecule has 0 spiro atoms. The third-order valence-corrected chi connectivity index (χ3v) is 7.21. The summed E-state index contributed by atoms with van der Waals surface area (Å²) in [5.41, 5.74) is 8.92. The molecule has 0 aromatic heterocycles. The SMILES string of the molecule is Cc1c(C2=C(c3ccc(C=C4CN(CCC(F)F)C4)cc3)c3ccccc3CCC2)ccc(F)c1F. The van der Waals surface area contributed by atoms with Crippen LogP contribution in [0.5, 0.6) is 0 Å². The molecule has 0 amide bonds. The van der Waals surface area contributed by atoms with Gasteiger partial charge < -0.3 is 0 Å². The molecular weight excluding hydrogens is 462 g/mol. The number of benzene rings is 3. The van der Waals surface area contributed by atoms with E-state index in [0.29, 0.717) is 12.1 Å². The third-order valence-electron chi connectivity index (χ3n) is 7.21. The van der Waals surface area contributed by atoms with Gasteiger partial charge in [0.1, 0.15) is 0 Å². The van der Waals surface area contributed by atoms with E-state index in [1.165, 1.54) is 17.2 Å². The van der Waals surface area contributed by atoms with Gasteiger partial charge in [-0.05, 0) is 82.4 Å². The lowest BCUT2D eigenvalue weighted by atomic mass is 9.86. The van der Waals surface area contributed by atoms with Crippen LogP contribution in [-0.2, 0) is 6.42 Å². The molecule has 1 nitrogen and oxygen atoms in total. The fraction of sp³-hybridized carbons (Fsp3) is 0.290. The lowest BCUT2D eigenvalue weighted by Gasteiger charge is -2.34. The van der Waals surface area contributed by atoms with E-state index in [0.717, 1.165) is 65.8 Å². The highest BCUT2D eigenvalue weighted by atomic mass is 19.3. The Morgan fingerprint density at radius 3 is 2.39 bits per heavy atom. The normalized spacial score (nSPS) is 16.1. The number of likely N-dealkylation sites (tertiary alicyclic amines) is 1. The summed E-state index contributed by atoms with van der Waals surface area (Å²) in [6.45, 7) is 3.53. The van der Waals surface area contributed by atoms with Crippen LogP contribution in [0, 0.1) is 18.6 Å². The Bertz CT molecular complexity index is 1310. The van der Waals surface area contributed by atoms with E-state index in [1.807, 2.05) is 17.0 Å². The number of nitrogens with zero attached hydrogens (tertiary/aromatic N) is 1. The summed E-state index contributed by atoms with van der Waals surface area (Å²) >= 11 is 0. The maximum atomic E-state index is 14.6. The molecule has 0 bridgehead atoms. The van der Waals surface area contributed by atoms with Crippen molar-refractivity contribution in [1.29, 1.82) is 0 Å². The maximum absolute atomic E-state index is 14.6. The summed E-state index contributed by atoms with van der Waals surface area (Å²) < 4.78 is 53.3. The third kappa shape index (κ3) is 5.03. The van der Waals surface area contributed by atoms with Crippen LogP contribution < -0.4 is 0 Å². The summed E-state index contributed by atoms with van der Waals surface area (Å²) in [6, 6.07) is 19.6. The first-order valence-electron chi connectivity index (χ1n) is 12.5. The van der Waals surface area contributed by atoms with Gasteiger partial charge >= 0.3 is 0 Å². The second-order valence-corrected chi connectivity index (χ2v) is 9.71. The molecule has 0 unspecified atom stereocenters. The quantitative estimate of drug-likeness (QED) is 0.317. The van der Waals surface area contributed by atoms with Crippen molar-refractivity contribution in [1.82, 2.24) is 4.90 Å². The molecule has 5 heteroatoms. The van der Waals surface area contributed by atoms with Crippen molar-refractivity contribution < 1.29 is 17.6 Å². The molecule has 1 heterocycles. The van der Waals surface area contributed by atoms with Crippen molar-refractivity contribution in [3.8, 4) is 0 Å². The fourth-order valence-electron chi connectivity index (χ4n) is 5.34. The van der Waals surface area contributed by atoms with Crippen LogP contribution in [-0.4, -0.2) is 31.0 Å². The Kier molecular flexibility index (Phi) is 7.10. The first-order chi connectivity index (χ1) is 17.4. The molecule has 36 heavy (non-hydrogen) atoms. The minimum absolute atomic E-state index is 0.0850. The lowest BCUT2D eigenvalue weighted by molar-refractivity contribution is 0.111. The zero-order chi connectivity index (χ0) is 25.2. The molecule has 1 fully saturated rings. The van der Waals surface area contributed by atoms with Crippen LogP contribution in [0.3, 0.4) is 0 Å². The molecule has 3 aromatic carbocycles. The van der Waals surface area contributed by atoms with Gasteiger partial charge in [0.25, 0.3) is 0 Å². The predicted molar refractivity (Wildman–Crippen MR) is 138 cm³/mol. The maximum Gasteiger partial charge on any atom is 0.239 e. The molecule has 0 N–H and O–H groups in total. The zero-order valence-electron chi connectivity index (χ0n) is 20.3. The molecule has 2 aliphatic rings. The van der Waals surface area contributed by atoms with E-state index in [2.05, 4.69) is 42.5 Å². The van der Waals surface area contributed by atoms with Gasteiger partial charge in [0.2, 0.25) is 6.43 Å². The highest BCUT2D eigenvalue weighted by Gasteiger charge is 2.23. The van der Waals surface area contributed by atoms with Crippen molar-refractivity contribution in [2.24, 2.45) is 0 Å². The number of aryl methyl sites for hydroxylation is 1. The van der Waals surface area contributed by atoms with E-state index in [9.17, 15) is 17.6 Å². The van der Waals surface area contributed by atoms with E-state index in [-0.39, 0.29) is 6.42 Å². The van der Waals surface area contributed by atoms with Crippen LogP contribution in [0.15, 0.2) is 66.2 Å². The highest BCUT2D eigenvalue weighted by Crippen LogP contribution is 2.41. The topological polar surface area (TPSA) is 3.24 Å². The van der Waals surface area contributed by atoms with Crippen LogP contribution in [0.1, 0.15) is 52.6 Å². The lowest BCUT2D eigenvalue weighted by Crippen LogP contribution is -2.40. The van der Waals surface area contributed by atoms with E-state index in [1.54, 1.807) is 13.0 Å². The number of hydrogen-bond acceptors (Lipinski definition) is 1. The largest absolute Gasteiger partial charge is 0.295 e. The number of hydrogen-bond donors (Lipinski definition) is 0. The number of fused-ring (bicyclic) bond motifs is 1. The van der Waals surface area contributed by atoms with E-state index in [4.69, 9.17) is 0 Å². The standard InChI is InChI=1S/C31H29F4N/c1-20-25(13-14-28(32)31(20)35)27-8-4-6-23-5-2-3-7-26(23)30(27)24-11-9-21(10-12-24)17-22-18-36(19-22)16-15-29(33)34/h2-3,5,7,9-14,17,29H,4,6,8,15-16,18-19H2,1H3. The zero-order valence-corrected chi connectivity index (χ0v) is 20.3. The number of alkyl halides is 2. The van der Waals surface area contributed by atoms with Crippen molar-refractivity contribution in [2.45, 2.75) is 39.0 Å². The van der Waals surface area contributed by atoms with Crippen molar-refractivity contribution in [3.05, 3.63) is 111 Å². The predicted octanol–water partition coefficient (Wildman–Crippen LogP) is 7.92. The second kappa shape index (κ2) is 10.4. The Morgan fingerprint density at radius 2 is 1.64 bits per heavy atom. The van der Waals surface area contributed by atoms with Gasteiger partial charge in [-0.3, -0.25) is 4.90 Å². The van der Waals surface area contributed by atoms with Gasteiger partial charge in [-0.25, -0.2) is 17.6 Å². The summed E-state index contributed by atoms with van der Waals surface area (Å²) in [4.78, 5) is 2.02. The molecule has 0 atom stereocenters. The Balaban J connectivity index is 1.50. The summed E-state index contributed by atoms with van der Waals surface area (Å²) in [5.74, 6) is -1.62. The Labute approximate surface area is 209 Å². The van der Waals surface area contributed by atoms with Gasteiger partial charge in [-0.15, -0.1) is 0 Å². The summed E-state index contributed by atoms with van der Waals surface area (Å²) in [5, 5.41) is 0. The average molecular weight is 492 g/mol. The smallest absolute Gasteiger partial charge is 0.239 e.